The molecule has 5 nitrogen and oxygen atoms in total. The van der Waals surface area contributed by atoms with E-state index >= 15 is 0 Å². The second kappa shape index (κ2) is 8.47. The van der Waals surface area contributed by atoms with Crippen molar-refractivity contribution in [1.82, 2.24) is 10.6 Å². The van der Waals surface area contributed by atoms with E-state index in [4.69, 9.17) is 5.73 Å². The predicted octanol–water partition coefficient (Wildman–Crippen LogP) is 1.20. The summed E-state index contributed by atoms with van der Waals surface area (Å²) in [6.07, 6.45) is 3.09. The van der Waals surface area contributed by atoms with Crippen molar-refractivity contribution in [1.29, 1.82) is 0 Å². The molecule has 1 saturated carbocycles. The summed E-state index contributed by atoms with van der Waals surface area (Å²) < 4.78 is 0. The van der Waals surface area contributed by atoms with Gasteiger partial charge in [-0.2, -0.15) is 0 Å². The van der Waals surface area contributed by atoms with Crippen LogP contribution >= 0.6 is 12.4 Å². The number of hydrogen-bond acceptors (Lipinski definition) is 3. The zero-order valence-electron chi connectivity index (χ0n) is 12.7. The molecule has 1 fully saturated rings. The third-order valence-electron chi connectivity index (χ3n) is 3.60. The van der Waals surface area contributed by atoms with Gasteiger partial charge in [-0.15, -0.1) is 12.4 Å². The molecule has 0 heterocycles. The number of halogens is 1. The Balaban J connectivity index is 0.00000361. The number of nitrogens with one attached hydrogen (secondary N) is 2. The zero-order chi connectivity index (χ0) is 14.5. The van der Waals surface area contributed by atoms with E-state index < -0.39 is 0 Å². The van der Waals surface area contributed by atoms with Gasteiger partial charge in [-0.05, 0) is 31.6 Å². The van der Waals surface area contributed by atoms with Gasteiger partial charge < -0.3 is 16.4 Å². The molecule has 0 spiro atoms. The van der Waals surface area contributed by atoms with Crippen LogP contribution in [0.5, 0.6) is 0 Å². The lowest BCUT2D eigenvalue weighted by Crippen LogP contribution is -2.53. The van der Waals surface area contributed by atoms with Gasteiger partial charge in [-0.3, -0.25) is 9.59 Å². The summed E-state index contributed by atoms with van der Waals surface area (Å²) in [5.41, 5.74) is 5.46. The van der Waals surface area contributed by atoms with Crippen LogP contribution < -0.4 is 16.4 Å². The number of carbonyl (C=O) groups excluding carboxylic acids is 2. The second-order valence-corrected chi connectivity index (χ2v) is 6.14. The lowest BCUT2D eigenvalue weighted by atomic mass is 9.96. The van der Waals surface area contributed by atoms with Crippen molar-refractivity contribution in [3.63, 3.8) is 0 Å². The monoisotopic (exact) mass is 305 g/mol. The SMILES string of the molecule is CC(C)CC(=O)NCCC(=O)NC(C)(CN)C1CC1.Cl. The largest absolute Gasteiger partial charge is 0.356 e. The van der Waals surface area contributed by atoms with Gasteiger partial charge in [0.15, 0.2) is 0 Å². The Morgan fingerprint density at radius 1 is 1.30 bits per heavy atom. The van der Waals surface area contributed by atoms with Crippen molar-refractivity contribution in [2.75, 3.05) is 13.1 Å². The minimum Gasteiger partial charge on any atom is -0.356 e. The predicted molar refractivity (Wildman–Crippen MR) is 82.7 cm³/mol. The fourth-order valence-electron chi connectivity index (χ4n) is 2.18. The van der Waals surface area contributed by atoms with Gasteiger partial charge >= 0.3 is 0 Å². The third-order valence-corrected chi connectivity index (χ3v) is 3.60. The maximum absolute atomic E-state index is 11.8. The average molecular weight is 306 g/mol. The van der Waals surface area contributed by atoms with Crippen molar-refractivity contribution in [3.8, 4) is 0 Å². The minimum atomic E-state index is -0.279. The van der Waals surface area contributed by atoms with Crippen LogP contribution in [0.2, 0.25) is 0 Å². The molecule has 4 N–H and O–H groups in total. The second-order valence-electron chi connectivity index (χ2n) is 6.14. The van der Waals surface area contributed by atoms with E-state index in [0.717, 1.165) is 12.8 Å². The van der Waals surface area contributed by atoms with Crippen molar-refractivity contribution in [2.24, 2.45) is 17.6 Å². The Morgan fingerprint density at radius 2 is 1.90 bits per heavy atom. The number of amides is 2. The summed E-state index contributed by atoms with van der Waals surface area (Å²) in [4.78, 5) is 23.3. The van der Waals surface area contributed by atoms with Crippen LogP contribution in [-0.2, 0) is 9.59 Å². The molecule has 6 heteroatoms. The van der Waals surface area contributed by atoms with Gasteiger partial charge in [0.2, 0.25) is 11.8 Å². The maximum Gasteiger partial charge on any atom is 0.222 e. The van der Waals surface area contributed by atoms with Crippen molar-refractivity contribution in [3.05, 3.63) is 0 Å². The van der Waals surface area contributed by atoms with Gasteiger partial charge in [0.05, 0.1) is 5.54 Å². The Kier molecular flexibility index (Phi) is 8.13. The van der Waals surface area contributed by atoms with E-state index in [1.54, 1.807) is 0 Å². The molecule has 1 atom stereocenters. The summed E-state index contributed by atoms with van der Waals surface area (Å²) in [6, 6.07) is 0. The summed E-state index contributed by atoms with van der Waals surface area (Å²) >= 11 is 0. The lowest BCUT2D eigenvalue weighted by Gasteiger charge is -2.29. The van der Waals surface area contributed by atoms with Gasteiger partial charge in [-0.1, -0.05) is 13.8 Å². The first-order valence-electron chi connectivity index (χ1n) is 7.15. The molecular weight excluding hydrogens is 278 g/mol. The van der Waals surface area contributed by atoms with Crippen molar-refractivity contribution >= 4 is 24.2 Å². The first kappa shape index (κ1) is 19.2. The molecule has 1 aliphatic carbocycles. The van der Waals surface area contributed by atoms with E-state index in [2.05, 4.69) is 10.6 Å². The van der Waals surface area contributed by atoms with Gasteiger partial charge in [0.25, 0.3) is 0 Å². The number of rotatable bonds is 8. The van der Waals surface area contributed by atoms with Crippen molar-refractivity contribution < 1.29 is 9.59 Å². The fraction of sp³-hybridized carbons (Fsp3) is 0.857. The maximum atomic E-state index is 11.8. The molecule has 0 aromatic heterocycles. The molecule has 1 aliphatic rings. The van der Waals surface area contributed by atoms with E-state index in [9.17, 15) is 9.59 Å². The molecular formula is C14H28ClN3O2. The van der Waals surface area contributed by atoms with Crippen LogP contribution in [0.25, 0.3) is 0 Å². The molecule has 2 amide bonds. The highest BCUT2D eigenvalue weighted by molar-refractivity contribution is 5.85. The first-order valence-corrected chi connectivity index (χ1v) is 7.15. The average Bonchev–Trinajstić information content (AvgIpc) is 3.11. The van der Waals surface area contributed by atoms with Crippen LogP contribution in [0.4, 0.5) is 0 Å². The van der Waals surface area contributed by atoms with E-state index in [-0.39, 0.29) is 29.8 Å². The first-order chi connectivity index (χ1) is 8.87. The van der Waals surface area contributed by atoms with Gasteiger partial charge in [0, 0.05) is 25.9 Å². The molecule has 1 rings (SSSR count). The molecule has 0 aromatic carbocycles. The lowest BCUT2D eigenvalue weighted by molar-refractivity contribution is -0.123. The Labute approximate surface area is 127 Å². The number of hydrogen-bond donors (Lipinski definition) is 3. The highest BCUT2D eigenvalue weighted by Crippen LogP contribution is 2.38. The topological polar surface area (TPSA) is 84.2 Å². The van der Waals surface area contributed by atoms with Crippen LogP contribution in [0, 0.1) is 11.8 Å². The third kappa shape index (κ3) is 6.57. The fourth-order valence-corrected chi connectivity index (χ4v) is 2.18. The number of nitrogens with two attached hydrogens (primary N) is 1. The van der Waals surface area contributed by atoms with Crippen molar-refractivity contribution in [2.45, 2.75) is 52.0 Å². The number of carbonyl (C=O) groups is 2. The zero-order valence-corrected chi connectivity index (χ0v) is 13.5. The van der Waals surface area contributed by atoms with Crippen LogP contribution in [0.3, 0.4) is 0 Å². The molecule has 0 bridgehead atoms. The molecule has 0 radical (unpaired) electrons. The van der Waals surface area contributed by atoms with Crippen LogP contribution in [0.1, 0.15) is 46.5 Å². The van der Waals surface area contributed by atoms with Crippen LogP contribution in [0.15, 0.2) is 0 Å². The Morgan fingerprint density at radius 3 is 2.35 bits per heavy atom. The standard InChI is InChI=1S/C14H27N3O2.ClH/c1-10(2)8-13(19)16-7-6-12(18)17-14(3,9-15)11-4-5-11;/h10-11H,4-9,15H2,1-3H3,(H,16,19)(H,17,18);1H. The summed E-state index contributed by atoms with van der Waals surface area (Å²) in [5.74, 6) is 0.817. The normalized spacial score (nSPS) is 17.1. The summed E-state index contributed by atoms with van der Waals surface area (Å²) in [7, 11) is 0. The molecule has 0 saturated heterocycles. The molecule has 0 aliphatic heterocycles. The molecule has 1 unspecified atom stereocenters. The van der Waals surface area contributed by atoms with E-state index in [1.165, 1.54) is 0 Å². The van der Waals surface area contributed by atoms with Crippen LogP contribution in [-0.4, -0.2) is 30.4 Å². The smallest absolute Gasteiger partial charge is 0.222 e. The highest BCUT2D eigenvalue weighted by Gasteiger charge is 2.41. The van der Waals surface area contributed by atoms with E-state index in [0.29, 0.717) is 37.8 Å². The summed E-state index contributed by atoms with van der Waals surface area (Å²) in [5, 5.41) is 5.77. The molecule has 20 heavy (non-hydrogen) atoms. The molecule has 118 valence electrons. The van der Waals surface area contributed by atoms with Gasteiger partial charge in [0.1, 0.15) is 0 Å². The minimum absolute atomic E-state index is 0. The quantitative estimate of drug-likeness (QED) is 0.630. The Bertz CT molecular complexity index is 332. The molecule has 0 aromatic rings. The highest BCUT2D eigenvalue weighted by atomic mass is 35.5. The Hall–Kier alpha value is -0.810. The summed E-state index contributed by atoms with van der Waals surface area (Å²) in [6.45, 7) is 6.84. The van der Waals surface area contributed by atoms with Gasteiger partial charge in [-0.25, -0.2) is 0 Å². The van der Waals surface area contributed by atoms with E-state index in [1.807, 2.05) is 20.8 Å².